The van der Waals surface area contributed by atoms with E-state index in [1.807, 2.05) is 24.3 Å². The smallest absolute Gasteiger partial charge is 0.252 e. The minimum Gasteiger partial charge on any atom is -0.296 e. The zero-order chi connectivity index (χ0) is 16.4. The van der Waals surface area contributed by atoms with Gasteiger partial charge in [-0.25, -0.2) is 8.42 Å². The van der Waals surface area contributed by atoms with Gasteiger partial charge in [-0.2, -0.15) is 4.31 Å². The van der Waals surface area contributed by atoms with Crippen LogP contribution in [0.15, 0.2) is 40.6 Å². The molecule has 1 fully saturated rings. The third kappa shape index (κ3) is 4.07. The number of hydrogen-bond donors (Lipinski definition) is 0. The molecule has 0 aliphatic carbocycles. The third-order valence-electron chi connectivity index (χ3n) is 3.77. The highest BCUT2D eigenvalue weighted by Crippen LogP contribution is 2.28. The molecule has 0 unspecified atom stereocenters. The first-order valence-electron chi connectivity index (χ1n) is 7.17. The van der Waals surface area contributed by atoms with Crippen molar-refractivity contribution in [3.05, 3.63) is 51.3 Å². The first-order chi connectivity index (χ1) is 10.9. The largest absolute Gasteiger partial charge is 0.296 e. The number of benzene rings is 1. The second kappa shape index (κ2) is 7.09. The van der Waals surface area contributed by atoms with Crippen molar-refractivity contribution in [1.29, 1.82) is 0 Å². The van der Waals surface area contributed by atoms with Crippen LogP contribution in [-0.4, -0.2) is 43.8 Å². The standard InChI is InChI=1S/C15H16Cl2N2O2S2/c16-13-3-1-2-12(10-13)11-18-6-8-19(9-7-18)23(20,21)15-5-4-14(17)22-15/h1-5,10H,6-9,11H2. The van der Waals surface area contributed by atoms with Crippen LogP contribution in [0.3, 0.4) is 0 Å². The van der Waals surface area contributed by atoms with Crippen LogP contribution < -0.4 is 0 Å². The van der Waals surface area contributed by atoms with Gasteiger partial charge in [-0.3, -0.25) is 4.90 Å². The summed E-state index contributed by atoms with van der Waals surface area (Å²) in [5.74, 6) is 0. The molecular weight excluding hydrogens is 375 g/mol. The van der Waals surface area contributed by atoms with Gasteiger partial charge in [0.2, 0.25) is 0 Å². The summed E-state index contributed by atoms with van der Waals surface area (Å²) in [5, 5.41) is 0.721. The molecule has 1 aliphatic heterocycles. The topological polar surface area (TPSA) is 40.6 Å². The fourth-order valence-corrected chi connectivity index (χ4v) is 5.86. The maximum atomic E-state index is 12.6. The molecule has 124 valence electrons. The van der Waals surface area contributed by atoms with E-state index < -0.39 is 10.0 Å². The molecule has 0 amide bonds. The van der Waals surface area contributed by atoms with Gasteiger partial charge in [0.1, 0.15) is 4.21 Å². The maximum Gasteiger partial charge on any atom is 0.252 e. The Balaban J connectivity index is 1.62. The van der Waals surface area contributed by atoms with Crippen LogP contribution in [-0.2, 0) is 16.6 Å². The zero-order valence-corrected chi connectivity index (χ0v) is 15.4. The van der Waals surface area contributed by atoms with Crippen LogP contribution in [0, 0.1) is 0 Å². The Labute approximate surface area is 150 Å². The highest BCUT2D eigenvalue weighted by molar-refractivity contribution is 7.91. The SMILES string of the molecule is O=S(=O)(c1ccc(Cl)s1)N1CCN(Cc2cccc(Cl)c2)CC1. The summed E-state index contributed by atoms with van der Waals surface area (Å²) in [6.07, 6.45) is 0. The Morgan fingerprint density at radius 1 is 1.04 bits per heavy atom. The Bertz CT molecular complexity index is 784. The summed E-state index contributed by atoms with van der Waals surface area (Å²) in [6, 6.07) is 10.9. The lowest BCUT2D eigenvalue weighted by molar-refractivity contribution is 0.182. The Morgan fingerprint density at radius 2 is 1.78 bits per heavy atom. The number of piperazine rings is 1. The fourth-order valence-electron chi connectivity index (χ4n) is 2.59. The van der Waals surface area contributed by atoms with Crippen molar-refractivity contribution in [2.24, 2.45) is 0 Å². The highest BCUT2D eigenvalue weighted by atomic mass is 35.5. The van der Waals surface area contributed by atoms with Crippen molar-refractivity contribution in [3.63, 3.8) is 0 Å². The number of hydrogen-bond acceptors (Lipinski definition) is 4. The number of nitrogens with zero attached hydrogens (tertiary/aromatic N) is 2. The summed E-state index contributed by atoms with van der Waals surface area (Å²) in [5.41, 5.74) is 1.14. The molecule has 0 bridgehead atoms. The molecule has 2 heterocycles. The number of rotatable bonds is 4. The molecular formula is C15H16Cl2N2O2S2. The molecule has 1 aromatic carbocycles. The van der Waals surface area contributed by atoms with Crippen LogP contribution in [0.1, 0.15) is 5.56 Å². The summed E-state index contributed by atoms with van der Waals surface area (Å²) in [4.78, 5) is 2.24. The van der Waals surface area contributed by atoms with E-state index in [0.717, 1.165) is 28.5 Å². The van der Waals surface area contributed by atoms with Crippen LogP contribution in [0.5, 0.6) is 0 Å². The van der Waals surface area contributed by atoms with Crippen molar-refractivity contribution < 1.29 is 8.42 Å². The van der Waals surface area contributed by atoms with Gasteiger partial charge in [0.05, 0.1) is 4.34 Å². The molecule has 0 radical (unpaired) electrons. The molecule has 0 N–H and O–H groups in total. The van der Waals surface area contributed by atoms with Crippen LogP contribution >= 0.6 is 34.5 Å². The van der Waals surface area contributed by atoms with E-state index in [1.54, 1.807) is 12.1 Å². The maximum absolute atomic E-state index is 12.6. The van der Waals surface area contributed by atoms with Gasteiger partial charge >= 0.3 is 0 Å². The molecule has 1 aliphatic rings. The predicted octanol–water partition coefficient (Wildman–Crippen LogP) is 3.56. The van der Waals surface area contributed by atoms with E-state index in [-0.39, 0.29) is 0 Å². The van der Waals surface area contributed by atoms with Crippen molar-refractivity contribution in [2.45, 2.75) is 10.8 Å². The van der Waals surface area contributed by atoms with E-state index >= 15 is 0 Å². The number of sulfonamides is 1. The minimum atomic E-state index is -3.42. The predicted molar refractivity (Wildman–Crippen MR) is 94.8 cm³/mol. The van der Waals surface area contributed by atoms with Crippen molar-refractivity contribution in [1.82, 2.24) is 9.21 Å². The Morgan fingerprint density at radius 3 is 2.39 bits per heavy atom. The summed E-state index contributed by atoms with van der Waals surface area (Å²) in [7, 11) is -3.42. The lowest BCUT2D eigenvalue weighted by Crippen LogP contribution is -2.48. The van der Waals surface area contributed by atoms with E-state index in [2.05, 4.69) is 4.90 Å². The summed E-state index contributed by atoms with van der Waals surface area (Å²) < 4.78 is 27.4. The van der Waals surface area contributed by atoms with Gasteiger partial charge in [-0.15, -0.1) is 11.3 Å². The van der Waals surface area contributed by atoms with Crippen molar-refractivity contribution >= 4 is 44.6 Å². The lowest BCUT2D eigenvalue weighted by atomic mass is 10.2. The summed E-state index contributed by atoms with van der Waals surface area (Å²) in [6.45, 7) is 3.14. The minimum absolute atomic E-state index is 0.311. The normalized spacial score (nSPS) is 17.5. The fraction of sp³-hybridized carbons (Fsp3) is 0.333. The first-order valence-corrected chi connectivity index (χ1v) is 10.2. The molecule has 1 saturated heterocycles. The Kier molecular flexibility index (Phi) is 5.30. The molecule has 1 aromatic heterocycles. The van der Waals surface area contributed by atoms with Gasteiger partial charge < -0.3 is 0 Å². The van der Waals surface area contributed by atoms with E-state index in [1.165, 1.54) is 4.31 Å². The average Bonchev–Trinajstić information content (AvgIpc) is 2.95. The van der Waals surface area contributed by atoms with Gasteiger partial charge in [0, 0.05) is 37.7 Å². The Hall–Kier alpha value is -0.630. The van der Waals surface area contributed by atoms with Crippen molar-refractivity contribution in [2.75, 3.05) is 26.2 Å². The molecule has 0 atom stereocenters. The summed E-state index contributed by atoms with van der Waals surface area (Å²) >= 11 is 12.9. The van der Waals surface area contributed by atoms with Crippen LogP contribution in [0.2, 0.25) is 9.36 Å². The molecule has 3 rings (SSSR count). The van der Waals surface area contributed by atoms with Gasteiger partial charge in [-0.1, -0.05) is 35.3 Å². The molecule has 0 saturated carbocycles. The van der Waals surface area contributed by atoms with Gasteiger partial charge in [0.15, 0.2) is 0 Å². The van der Waals surface area contributed by atoms with Crippen LogP contribution in [0.4, 0.5) is 0 Å². The second-order valence-electron chi connectivity index (χ2n) is 5.37. The molecule has 2 aromatic rings. The lowest BCUT2D eigenvalue weighted by Gasteiger charge is -2.33. The van der Waals surface area contributed by atoms with E-state index in [9.17, 15) is 8.42 Å². The molecule has 0 spiro atoms. The van der Waals surface area contributed by atoms with Crippen molar-refractivity contribution in [3.8, 4) is 0 Å². The second-order valence-corrected chi connectivity index (χ2v) is 9.68. The molecule has 4 nitrogen and oxygen atoms in total. The monoisotopic (exact) mass is 390 g/mol. The average molecular weight is 391 g/mol. The quantitative estimate of drug-likeness (QED) is 0.800. The number of thiophene rings is 1. The highest BCUT2D eigenvalue weighted by Gasteiger charge is 2.29. The van der Waals surface area contributed by atoms with Gasteiger partial charge in [0.25, 0.3) is 10.0 Å². The number of halogens is 2. The molecule has 23 heavy (non-hydrogen) atoms. The van der Waals surface area contributed by atoms with E-state index in [0.29, 0.717) is 34.7 Å². The molecule has 8 heteroatoms. The van der Waals surface area contributed by atoms with E-state index in [4.69, 9.17) is 23.2 Å². The third-order valence-corrected chi connectivity index (χ3v) is 7.60. The zero-order valence-electron chi connectivity index (χ0n) is 12.3. The first kappa shape index (κ1) is 17.2. The van der Waals surface area contributed by atoms with Crippen LogP contribution in [0.25, 0.3) is 0 Å². The van der Waals surface area contributed by atoms with Gasteiger partial charge in [-0.05, 0) is 29.8 Å².